The first-order valence-electron chi connectivity index (χ1n) is 14.9. The predicted octanol–water partition coefficient (Wildman–Crippen LogP) is 6.84. The number of hydrogen-bond donors (Lipinski definition) is 1. The predicted molar refractivity (Wildman–Crippen MR) is 169 cm³/mol. The summed E-state index contributed by atoms with van der Waals surface area (Å²) >= 11 is 0. The highest BCUT2D eigenvalue weighted by atomic mass is 28.4. The second-order valence-corrected chi connectivity index (χ2v) is 17.6. The van der Waals surface area contributed by atoms with Gasteiger partial charge in [-0.25, -0.2) is 4.79 Å². The third kappa shape index (κ3) is 7.29. The quantitative estimate of drug-likeness (QED) is 0.300. The van der Waals surface area contributed by atoms with Crippen LogP contribution in [0.15, 0.2) is 91.0 Å². The van der Waals surface area contributed by atoms with Crippen LogP contribution in [0.5, 0.6) is 0 Å². The number of ether oxygens (including phenoxy) is 1. The fourth-order valence-corrected chi connectivity index (χ4v) is 10.8. The van der Waals surface area contributed by atoms with Gasteiger partial charge in [0.2, 0.25) is 0 Å². The van der Waals surface area contributed by atoms with Crippen LogP contribution in [0.25, 0.3) is 0 Å². The fraction of sp³-hybridized carbons (Fsp3) is 0.457. The maximum absolute atomic E-state index is 13.8. The summed E-state index contributed by atoms with van der Waals surface area (Å²) in [5.74, 6) is 0. The van der Waals surface area contributed by atoms with Crippen LogP contribution in [0.4, 0.5) is 4.79 Å². The number of nitrogens with zero attached hydrogens (tertiary/aromatic N) is 1. The molecule has 5 nitrogen and oxygen atoms in total. The molecule has 1 saturated heterocycles. The lowest BCUT2D eigenvalue weighted by molar-refractivity contribution is -0.0223. The third-order valence-corrected chi connectivity index (χ3v) is 13.1. The third-order valence-electron chi connectivity index (χ3n) is 8.05. The van der Waals surface area contributed by atoms with E-state index >= 15 is 0 Å². The average Bonchev–Trinajstić information content (AvgIpc) is 2.93. The van der Waals surface area contributed by atoms with E-state index in [0.29, 0.717) is 13.0 Å². The van der Waals surface area contributed by atoms with Gasteiger partial charge in [-0.15, -0.1) is 0 Å². The first-order valence-corrected chi connectivity index (χ1v) is 16.8. The zero-order valence-corrected chi connectivity index (χ0v) is 26.5. The molecule has 4 rings (SSSR count). The van der Waals surface area contributed by atoms with Crippen LogP contribution in [0, 0.1) is 0 Å². The molecule has 1 amide bonds. The van der Waals surface area contributed by atoms with E-state index in [4.69, 9.17) is 9.16 Å². The normalized spacial score (nSPS) is 19.0. The van der Waals surface area contributed by atoms with Crippen molar-refractivity contribution >= 4 is 24.8 Å². The SMILES string of the molecule is CC(C)(C)OC(=O)N1[C@@H](CO[Si](c2ccccc2)(c2ccccc2)C(C)(C)C)CCC[C@H]1C[C@H](O)c1ccccc1. The first-order chi connectivity index (χ1) is 19.4. The summed E-state index contributed by atoms with van der Waals surface area (Å²) in [5, 5.41) is 13.4. The highest BCUT2D eigenvalue weighted by Gasteiger charge is 2.51. The summed E-state index contributed by atoms with van der Waals surface area (Å²) in [6.07, 6.45) is 2.06. The van der Waals surface area contributed by atoms with Crippen molar-refractivity contribution in [2.24, 2.45) is 0 Å². The molecular formula is C35H47NO4Si. The lowest BCUT2D eigenvalue weighted by atomic mass is 9.91. The Balaban J connectivity index is 1.69. The Kier molecular flexibility index (Phi) is 9.78. The number of aliphatic hydroxyl groups is 1. The number of amides is 1. The molecule has 1 heterocycles. The summed E-state index contributed by atoms with van der Waals surface area (Å²) in [7, 11) is -2.78. The number of likely N-dealkylation sites (tertiary alicyclic amines) is 1. The van der Waals surface area contributed by atoms with Crippen LogP contribution < -0.4 is 10.4 Å². The molecule has 3 aromatic carbocycles. The molecule has 0 spiro atoms. The summed E-state index contributed by atoms with van der Waals surface area (Å²) in [5.41, 5.74) is 0.239. The van der Waals surface area contributed by atoms with Crippen molar-refractivity contribution in [3.05, 3.63) is 96.6 Å². The molecule has 3 aromatic rings. The molecule has 0 unspecified atom stereocenters. The topological polar surface area (TPSA) is 59.0 Å². The minimum atomic E-state index is -2.78. The number of carbonyl (C=O) groups excluding carboxylic acids is 1. The minimum absolute atomic E-state index is 0.151. The number of piperidine rings is 1. The van der Waals surface area contributed by atoms with E-state index in [1.807, 2.05) is 68.1 Å². The molecule has 1 N–H and O–H groups in total. The number of hydrogen-bond acceptors (Lipinski definition) is 4. The zero-order valence-electron chi connectivity index (χ0n) is 25.5. The molecule has 6 heteroatoms. The lowest BCUT2D eigenvalue weighted by Crippen LogP contribution is -2.67. The van der Waals surface area contributed by atoms with Gasteiger partial charge in [-0.1, -0.05) is 112 Å². The molecule has 0 bridgehead atoms. The van der Waals surface area contributed by atoms with Crippen molar-refractivity contribution in [2.45, 2.75) is 96.1 Å². The van der Waals surface area contributed by atoms with E-state index in [1.165, 1.54) is 10.4 Å². The molecule has 1 aliphatic rings. The number of rotatable bonds is 8. The molecule has 41 heavy (non-hydrogen) atoms. The molecular weight excluding hydrogens is 526 g/mol. The second-order valence-electron chi connectivity index (χ2n) is 13.3. The van der Waals surface area contributed by atoms with E-state index in [2.05, 4.69) is 69.3 Å². The molecule has 0 aromatic heterocycles. The van der Waals surface area contributed by atoms with Crippen molar-refractivity contribution < 1.29 is 19.1 Å². The molecule has 1 aliphatic heterocycles. The Labute approximate surface area is 247 Å². The Morgan fingerprint density at radius 2 is 1.32 bits per heavy atom. The van der Waals surface area contributed by atoms with Crippen LogP contribution in [-0.4, -0.2) is 48.7 Å². The van der Waals surface area contributed by atoms with Crippen molar-refractivity contribution in [1.29, 1.82) is 0 Å². The van der Waals surface area contributed by atoms with Crippen LogP contribution in [0.1, 0.15) is 78.9 Å². The Morgan fingerprint density at radius 1 is 0.829 bits per heavy atom. The molecule has 1 fully saturated rings. The van der Waals surface area contributed by atoms with Gasteiger partial charge in [-0.2, -0.15) is 0 Å². The molecule has 0 aliphatic carbocycles. The first kappa shape index (κ1) is 31.0. The number of benzene rings is 3. The molecule has 0 radical (unpaired) electrons. The van der Waals surface area contributed by atoms with Crippen LogP contribution in [-0.2, 0) is 9.16 Å². The molecule has 3 atom stereocenters. The van der Waals surface area contributed by atoms with E-state index in [9.17, 15) is 9.90 Å². The van der Waals surface area contributed by atoms with Crippen molar-refractivity contribution in [1.82, 2.24) is 4.90 Å². The smallest absolute Gasteiger partial charge is 0.410 e. The summed E-state index contributed by atoms with van der Waals surface area (Å²) in [6, 6.07) is 30.6. The van der Waals surface area contributed by atoms with Gasteiger partial charge < -0.3 is 14.3 Å². The van der Waals surface area contributed by atoms with E-state index in [1.54, 1.807) is 0 Å². The van der Waals surface area contributed by atoms with Crippen LogP contribution in [0.3, 0.4) is 0 Å². The van der Waals surface area contributed by atoms with E-state index in [-0.39, 0.29) is 23.2 Å². The van der Waals surface area contributed by atoms with Crippen LogP contribution >= 0.6 is 0 Å². The van der Waals surface area contributed by atoms with Gasteiger partial charge >= 0.3 is 6.09 Å². The Morgan fingerprint density at radius 3 is 1.80 bits per heavy atom. The zero-order chi connectivity index (χ0) is 29.7. The summed E-state index contributed by atoms with van der Waals surface area (Å²) < 4.78 is 13.2. The van der Waals surface area contributed by atoms with Gasteiger partial charge in [-0.3, -0.25) is 4.90 Å². The van der Waals surface area contributed by atoms with Gasteiger partial charge in [0, 0.05) is 6.04 Å². The van der Waals surface area contributed by atoms with Crippen LogP contribution in [0.2, 0.25) is 5.04 Å². The van der Waals surface area contributed by atoms with Crippen molar-refractivity contribution in [3.8, 4) is 0 Å². The van der Waals surface area contributed by atoms with Gasteiger partial charge in [0.15, 0.2) is 0 Å². The number of aliphatic hydroxyl groups excluding tert-OH is 1. The van der Waals surface area contributed by atoms with Gasteiger partial charge in [0.05, 0.1) is 18.8 Å². The van der Waals surface area contributed by atoms with Gasteiger partial charge in [0.25, 0.3) is 8.32 Å². The highest BCUT2D eigenvalue weighted by molar-refractivity contribution is 6.99. The second kappa shape index (κ2) is 12.9. The van der Waals surface area contributed by atoms with Crippen molar-refractivity contribution in [2.75, 3.05) is 6.61 Å². The van der Waals surface area contributed by atoms with E-state index in [0.717, 1.165) is 24.8 Å². The lowest BCUT2D eigenvalue weighted by Gasteiger charge is -2.47. The maximum Gasteiger partial charge on any atom is 0.410 e. The highest BCUT2D eigenvalue weighted by Crippen LogP contribution is 2.38. The Hall–Kier alpha value is -2.93. The monoisotopic (exact) mass is 573 g/mol. The maximum atomic E-state index is 13.8. The summed E-state index contributed by atoms with van der Waals surface area (Å²) in [4.78, 5) is 15.7. The molecule has 0 saturated carbocycles. The Bertz CT molecular complexity index is 1200. The standard InChI is InChI=1S/C35H47NO4Si/c1-34(2,3)40-33(38)36-28(25-32(37)27-17-10-7-11-18-27)19-16-20-29(36)26-39-41(35(4,5)6,30-21-12-8-13-22-30)31-23-14-9-15-24-31/h7-15,17-18,21-24,28-29,32,37H,16,19-20,25-26H2,1-6H3/t28-,29+,32-/m0/s1. The van der Waals surface area contributed by atoms with Crippen molar-refractivity contribution in [3.63, 3.8) is 0 Å². The summed E-state index contributed by atoms with van der Waals surface area (Å²) in [6.45, 7) is 12.9. The largest absolute Gasteiger partial charge is 0.444 e. The number of carbonyl (C=O) groups is 1. The molecule has 220 valence electrons. The van der Waals surface area contributed by atoms with Gasteiger partial charge in [0.1, 0.15) is 5.60 Å². The fourth-order valence-electron chi connectivity index (χ4n) is 6.23. The van der Waals surface area contributed by atoms with E-state index < -0.39 is 20.0 Å². The minimum Gasteiger partial charge on any atom is -0.444 e. The van der Waals surface area contributed by atoms with Gasteiger partial charge in [-0.05, 0) is 67.4 Å². The average molecular weight is 574 g/mol.